The molecule has 1 aromatic carbocycles. The van der Waals surface area contributed by atoms with Crippen LogP contribution >= 0.6 is 0 Å². The molecule has 1 rings (SSSR count). The highest BCUT2D eigenvalue weighted by Crippen LogP contribution is 2.05. The third-order valence-corrected chi connectivity index (χ3v) is 1.94. The van der Waals surface area contributed by atoms with Crippen LogP contribution < -0.4 is 5.90 Å². The monoisotopic (exact) mass is 195 g/mol. The summed E-state index contributed by atoms with van der Waals surface area (Å²) in [4.78, 5) is 14.6. The molecule has 3 N–H and O–H groups in total. The highest BCUT2D eigenvalue weighted by Gasteiger charge is 2.15. The first-order valence-electron chi connectivity index (χ1n) is 4.36. The number of aliphatic hydroxyl groups excluding tert-OH is 1. The lowest BCUT2D eigenvalue weighted by molar-refractivity contribution is -0.154. The third kappa shape index (κ3) is 3.16. The van der Waals surface area contributed by atoms with Crippen LogP contribution in [0, 0.1) is 0 Å². The molecule has 0 radical (unpaired) electrons. The summed E-state index contributed by atoms with van der Waals surface area (Å²) >= 11 is 0. The standard InChI is InChI=1S/C10H13NO3/c11-14-10(13)9(12)7-6-8-4-2-1-3-5-8/h1-5,9,12H,6-7,11H2. The zero-order valence-corrected chi connectivity index (χ0v) is 7.72. The van der Waals surface area contributed by atoms with E-state index in [1.165, 1.54) is 0 Å². The van der Waals surface area contributed by atoms with E-state index in [2.05, 4.69) is 10.7 Å². The van der Waals surface area contributed by atoms with Crippen molar-refractivity contribution in [1.29, 1.82) is 0 Å². The number of nitrogens with two attached hydrogens (primary N) is 1. The van der Waals surface area contributed by atoms with Crippen LogP contribution in [0.25, 0.3) is 0 Å². The van der Waals surface area contributed by atoms with Gasteiger partial charge in [-0.15, -0.1) is 0 Å². The second-order valence-corrected chi connectivity index (χ2v) is 2.98. The van der Waals surface area contributed by atoms with Crippen LogP contribution in [0.2, 0.25) is 0 Å². The number of rotatable bonds is 4. The topological polar surface area (TPSA) is 72.5 Å². The Morgan fingerprint density at radius 1 is 1.43 bits per heavy atom. The van der Waals surface area contributed by atoms with Crippen molar-refractivity contribution in [2.24, 2.45) is 5.90 Å². The fraction of sp³-hybridized carbons (Fsp3) is 0.300. The maximum Gasteiger partial charge on any atom is 0.353 e. The van der Waals surface area contributed by atoms with Gasteiger partial charge in [0.25, 0.3) is 0 Å². The lowest BCUT2D eigenvalue weighted by Crippen LogP contribution is -2.26. The number of hydrogen-bond acceptors (Lipinski definition) is 4. The molecule has 0 aliphatic rings. The van der Waals surface area contributed by atoms with Crippen molar-refractivity contribution in [3.8, 4) is 0 Å². The fourth-order valence-electron chi connectivity index (χ4n) is 1.14. The molecule has 0 fully saturated rings. The highest BCUT2D eigenvalue weighted by atomic mass is 16.7. The Morgan fingerprint density at radius 2 is 2.07 bits per heavy atom. The molecule has 1 aromatic rings. The van der Waals surface area contributed by atoms with Crippen LogP contribution in [0.5, 0.6) is 0 Å². The summed E-state index contributed by atoms with van der Waals surface area (Å²) in [6.07, 6.45) is -0.197. The van der Waals surface area contributed by atoms with E-state index in [-0.39, 0.29) is 0 Å². The predicted molar refractivity (Wildman–Crippen MR) is 51.0 cm³/mol. The molecule has 0 heterocycles. The van der Waals surface area contributed by atoms with Gasteiger partial charge in [0.15, 0.2) is 6.10 Å². The van der Waals surface area contributed by atoms with Gasteiger partial charge in [-0.2, -0.15) is 5.90 Å². The van der Waals surface area contributed by atoms with Crippen LogP contribution in [-0.2, 0) is 16.1 Å². The second kappa shape index (κ2) is 5.36. The summed E-state index contributed by atoms with van der Waals surface area (Å²) in [5.41, 5.74) is 1.07. The van der Waals surface area contributed by atoms with Crippen LogP contribution in [-0.4, -0.2) is 17.2 Å². The van der Waals surface area contributed by atoms with E-state index in [9.17, 15) is 9.90 Å². The number of aryl methyl sites for hydroxylation is 1. The zero-order chi connectivity index (χ0) is 10.4. The van der Waals surface area contributed by atoms with E-state index < -0.39 is 12.1 Å². The Kier molecular flexibility index (Phi) is 4.10. The molecule has 4 heteroatoms. The van der Waals surface area contributed by atoms with Gasteiger partial charge in [0.2, 0.25) is 0 Å². The average Bonchev–Trinajstić information content (AvgIpc) is 2.26. The molecule has 0 saturated carbocycles. The van der Waals surface area contributed by atoms with Gasteiger partial charge in [-0.05, 0) is 18.4 Å². The first-order chi connectivity index (χ1) is 6.74. The third-order valence-electron chi connectivity index (χ3n) is 1.94. The number of carbonyl (C=O) groups is 1. The SMILES string of the molecule is NOC(=O)C(O)CCc1ccccc1. The van der Waals surface area contributed by atoms with E-state index in [1.54, 1.807) is 0 Å². The lowest BCUT2D eigenvalue weighted by atomic mass is 10.1. The largest absolute Gasteiger partial charge is 0.381 e. The van der Waals surface area contributed by atoms with Crippen molar-refractivity contribution in [2.75, 3.05) is 0 Å². The van der Waals surface area contributed by atoms with Crippen molar-refractivity contribution in [1.82, 2.24) is 0 Å². The molecule has 14 heavy (non-hydrogen) atoms. The van der Waals surface area contributed by atoms with E-state index in [1.807, 2.05) is 30.3 Å². The average molecular weight is 195 g/mol. The minimum absolute atomic E-state index is 0.319. The first-order valence-corrected chi connectivity index (χ1v) is 4.36. The molecule has 0 amide bonds. The van der Waals surface area contributed by atoms with Gasteiger partial charge in [-0.25, -0.2) is 4.79 Å². The van der Waals surface area contributed by atoms with Crippen molar-refractivity contribution in [3.63, 3.8) is 0 Å². The quantitative estimate of drug-likeness (QED) is 0.682. The Hall–Kier alpha value is -1.39. The Balaban J connectivity index is 2.38. The summed E-state index contributed by atoms with van der Waals surface area (Å²) in [5.74, 6) is 3.84. The molecule has 0 bridgehead atoms. The maximum absolute atomic E-state index is 10.7. The molecular weight excluding hydrogens is 182 g/mol. The van der Waals surface area contributed by atoms with Gasteiger partial charge < -0.3 is 9.94 Å². The Bertz CT molecular complexity index is 287. The van der Waals surface area contributed by atoms with E-state index in [0.29, 0.717) is 12.8 Å². The van der Waals surface area contributed by atoms with Crippen LogP contribution in [0.3, 0.4) is 0 Å². The summed E-state index contributed by atoms with van der Waals surface area (Å²) < 4.78 is 0. The normalized spacial score (nSPS) is 12.1. The molecule has 0 aliphatic carbocycles. The fourth-order valence-corrected chi connectivity index (χ4v) is 1.14. The van der Waals surface area contributed by atoms with Crippen LogP contribution in [0.1, 0.15) is 12.0 Å². The van der Waals surface area contributed by atoms with Crippen molar-refractivity contribution >= 4 is 5.97 Å². The van der Waals surface area contributed by atoms with Gasteiger partial charge in [-0.1, -0.05) is 30.3 Å². The highest BCUT2D eigenvalue weighted by molar-refractivity contribution is 5.73. The van der Waals surface area contributed by atoms with Gasteiger partial charge in [0.1, 0.15) is 0 Å². The predicted octanol–water partition coefficient (Wildman–Crippen LogP) is 0.397. The number of benzene rings is 1. The second-order valence-electron chi connectivity index (χ2n) is 2.98. The molecule has 0 aromatic heterocycles. The molecule has 0 saturated heterocycles. The molecule has 4 nitrogen and oxygen atoms in total. The number of carbonyl (C=O) groups excluding carboxylic acids is 1. The Morgan fingerprint density at radius 3 is 2.64 bits per heavy atom. The zero-order valence-electron chi connectivity index (χ0n) is 7.72. The van der Waals surface area contributed by atoms with Crippen molar-refractivity contribution < 1.29 is 14.7 Å². The first kappa shape index (κ1) is 10.7. The maximum atomic E-state index is 10.7. The van der Waals surface area contributed by atoms with Crippen molar-refractivity contribution in [3.05, 3.63) is 35.9 Å². The van der Waals surface area contributed by atoms with Gasteiger partial charge in [-0.3, -0.25) is 0 Å². The molecule has 1 unspecified atom stereocenters. The van der Waals surface area contributed by atoms with E-state index in [4.69, 9.17) is 0 Å². The minimum atomic E-state index is -1.14. The molecule has 0 spiro atoms. The molecule has 76 valence electrons. The van der Waals surface area contributed by atoms with E-state index >= 15 is 0 Å². The number of aliphatic hydroxyl groups is 1. The molecule has 1 atom stereocenters. The molecular formula is C10H13NO3. The van der Waals surface area contributed by atoms with Gasteiger partial charge >= 0.3 is 5.97 Å². The van der Waals surface area contributed by atoms with Crippen LogP contribution in [0.4, 0.5) is 0 Å². The Labute approximate surface area is 82.3 Å². The summed E-state index contributed by atoms with van der Waals surface area (Å²) in [7, 11) is 0. The van der Waals surface area contributed by atoms with Crippen LogP contribution in [0.15, 0.2) is 30.3 Å². The van der Waals surface area contributed by atoms with E-state index in [0.717, 1.165) is 5.56 Å². The van der Waals surface area contributed by atoms with Crippen molar-refractivity contribution in [2.45, 2.75) is 18.9 Å². The lowest BCUT2D eigenvalue weighted by Gasteiger charge is -2.06. The van der Waals surface area contributed by atoms with Gasteiger partial charge in [0, 0.05) is 0 Å². The summed E-state index contributed by atoms with van der Waals surface area (Å²) in [5, 5.41) is 9.22. The summed E-state index contributed by atoms with van der Waals surface area (Å²) in [6, 6.07) is 9.58. The number of hydrogen-bond donors (Lipinski definition) is 2. The summed E-state index contributed by atoms with van der Waals surface area (Å²) in [6.45, 7) is 0. The van der Waals surface area contributed by atoms with Gasteiger partial charge in [0.05, 0.1) is 0 Å². The molecule has 0 aliphatic heterocycles. The minimum Gasteiger partial charge on any atom is -0.381 e. The smallest absolute Gasteiger partial charge is 0.353 e.